The number of anilines is 1. The molecule has 0 aliphatic carbocycles. The Morgan fingerprint density at radius 3 is 2.27 bits per heavy atom. The van der Waals surface area contributed by atoms with Gasteiger partial charge in [0.05, 0.1) is 0 Å². The van der Waals surface area contributed by atoms with Gasteiger partial charge in [-0.3, -0.25) is 4.79 Å². The summed E-state index contributed by atoms with van der Waals surface area (Å²) in [6, 6.07) is 6.90. The quantitative estimate of drug-likeness (QED) is 0.681. The molecule has 0 aliphatic rings. The van der Waals surface area contributed by atoms with Gasteiger partial charge >= 0.3 is 0 Å². The van der Waals surface area contributed by atoms with Crippen molar-refractivity contribution in [2.75, 3.05) is 5.32 Å². The van der Waals surface area contributed by atoms with E-state index in [1.165, 1.54) is 0 Å². The van der Waals surface area contributed by atoms with Crippen molar-refractivity contribution in [3.8, 4) is 0 Å². The van der Waals surface area contributed by atoms with E-state index in [1.807, 2.05) is 0 Å². The number of carbonyl (C=O) groups is 1. The molecule has 0 aliphatic heterocycles. The van der Waals surface area contributed by atoms with Gasteiger partial charge in [-0.2, -0.15) is 0 Å². The molecule has 0 saturated carbocycles. The first kappa shape index (κ1) is 9.98. The van der Waals surface area contributed by atoms with Crippen LogP contribution in [0.3, 0.4) is 0 Å². The van der Waals surface area contributed by atoms with Crippen LogP contribution < -0.4 is 5.32 Å². The van der Waals surface area contributed by atoms with E-state index in [4.69, 9.17) is 11.6 Å². The third-order valence-electron chi connectivity index (χ3n) is 1.07. The minimum Gasteiger partial charge on any atom is -0.329 e. The summed E-state index contributed by atoms with van der Waals surface area (Å²) in [5.41, 5.74) is 0.749. The Labute approximate surface area is 71.2 Å². The highest BCUT2D eigenvalue weighted by Crippen LogP contribution is 2.12. The summed E-state index contributed by atoms with van der Waals surface area (Å²) in [5.74, 6) is 0. The van der Waals surface area contributed by atoms with E-state index in [9.17, 15) is 4.79 Å². The monoisotopic (exact) mass is 171 g/mol. The summed E-state index contributed by atoms with van der Waals surface area (Å²) in [7, 11) is 0. The zero-order chi connectivity index (χ0) is 7.40. The maximum atomic E-state index is 9.92. The highest BCUT2D eigenvalue weighted by Gasteiger charge is 1.87. The minimum atomic E-state index is 0. The van der Waals surface area contributed by atoms with Crippen LogP contribution in [-0.4, -0.2) is 6.41 Å². The molecular formula is C8H10ClNO. The number of halogens is 1. The number of benzene rings is 1. The Morgan fingerprint density at radius 1 is 1.27 bits per heavy atom. The van der Waals surface area contributed by atoms with Crippen molar-refractivity contribution in [2.45, 2.75) is 7.43 Å². The smallest absolute Gasteiger partial charge is 0.211 e. The molecule has 11 heavy (non-hydrogen) atoms. The highest BCUT2D eigenvalue weighted by atomic mass is 35.5. The SMILES string of the molecule is C.O=CNc1ccc(Cl)cc1. The van der Waals surface area contributed by atoms with Crippen molar-refractivity contribution in [3.63, 3.8) is 0 Å². The largest absolute Gasteiger partial charge is 0.329 e. The molecule has 0 atom stereocenters. The molecule has 1 rings (SSSR count). The van der Waals surface area contributed by atoms with Crippen LogP contribution in [0.1, 0.15) is 7.43 Å². The Hall–Kier alpha value is -1.02. The number of hydrogen-bond acceptors (Lipinski definition) is 1. The first-order valence-electron chi connectivity index (χ1n) is 2.78. The standard InChI is InChI=1S/C7H6ClNO.CH4/c8-6-1-3-7(4-2-6)9-5-10;/h1-5H,(H,9,10);1H4. The molecular weight excluding hydrogens is 162 g/mol. The molecule has 1 aromatic carbocycles. The lowest BCUT2D eigenvalue weighted by molar-refractivity contribution is -0.105. The molecule has 0 bridgehead atoms. The summed E-state index contributed by atoms with van der Waals surface area (Å²) in [5, 5.41) is 3.16. The molecule has 0 heterocycles. The van der Waals surface area contributed by atoms with Crippen LogP contribution in [0.15, 0.2) is 24.3 Å². The molecule has 1 amide bonds. The molecule has 0 spiro atoms. The Kier molecular flexibility index (Phi) is 4.30. The number of hydrogen-bond donors (Lipinski definition) is 1. The fraction of sp³-hybridized carbons (Fsp3) is 0.125. The molecule has 60 valence electrons. The average molecular weight is 172 g/mol. The van der Waals surface area contributed by atoms with Gasteiger partial charge in [-0.25, -0.2) is 0 Å². The van der Waals surface area contributed by atoms with Crippen LogP contribution in [0.5, 0.6) is 0 Å². The molecule has 2 nitrogen and oxygen atoms in total. The summed E-state index contributed by atoms with van der Waals surface area (Å²) >= 11 is 5.60. The van der Waals surface area contributed by atoms with Crippen molar-refractivity contribution >= 4 is 23.7 Å². The zero-order valence-corrected chi connectivity index (χ0v) is 5.93. The number of nitrogens with one attached hydrogen (secondary N) is 1. The van der Waals surface area contributed by atoms with E-state index in [0.29, 0.717) is 11.4 Å². The highest BCUT2D eigenvalue weighted by molar-refractivity contribution is 6.30. The lowest BCUT2D eigenvalue weighted by atomic mass is 10.3. The van der Waals surface area contributed by atoms with Gasteiger partial charge in [-0.1, -0.05) is 19.0 Å². The van der Waals surface area contributed by atoms with E-state index in [-0.39, 0.29) is 7.43 Å². The lowest BCUT2D eigenvalue weighted by Gasteiger charge is -1.95. The fourth-order valence-corrected chi connectivity index (χ4v) is 0.740. The van der Waals surface area contributed by atoms with Crippen LogP contribution in [0.2, 0.25) is 5.02 Å². The zero-order valence-electron chi connectivity index (χ0n) is 5.17. The Bertz CT molecular complexity index is 220. The van der Waals surface area contributed by atoms with E-state index in [0.717, 1.165) is 5.69 Å². The second-order valence-electron chi connectivity index (χ2n) is 1.77. The molecule has 0 unspecified atom stereocenters. The van der Waals surface area contributed by atoms with Crippen molar-refractivity contribution in [2.24, 2.45) is 0 Å². The van der Waals surface area contributed by atoms with Gasteiger partial charge in [-0.05, 0) is 24.3 Å². The number of amides is 1. The predicted octanol–water partition coefficient (Wildman–Crippen LogP) is 2.54. The molecule has 1 N–H and O–H groups in total. The summed E-state index contributed by atoms with van der Waals surface area (Å²) < 4.78 is 0. The Balaban J connectivity index is 0.000001000. The summed E-state index contributed by atoms with van der Waals surface area (Å²) in [6.45, 7) is 0. The first-order chi connectivity index (χ1) is 4.83. The average Bonchev–Trinajstić information content (AvgIpc) is 1.95. The number of carbonyl (C=O) groups excluding carboxylic acids is 1. The minimum absolute atomic E-state index is 0. The van der Waals surface area contributed by atoms with Gasteiger partial charge in [0.25, 0.3) is 0 Å². The maximum absolute atomic E-state index is 9.92. The van der Waals surface area contributed by atoms with Crippen molar-refractivity contribution < 1.29 is 4.79 Å². The third kappa shape index (κ3) is 3.05. The van der Waals surface area contributed by atoms with E-state index >= 15 is 0 Å². The Morgan fingerprint density at radius 2 is 1.82 bits per heavy atom. The predicted molar refractivity (Wildman–Crippen MR) is 47.9 cm³/mol. The second-order valence-corrected chi connectivity index (χ2v) is 2.21. The van der Waals surface area contributed by atoms with Crippen LogP contribution in [0.25, 0.3) is 0 Å². The van der Waals surface area contributed by atoms with Crippen LogP contribution >= 0.6 is 11.6 Å². The summed E-state index contributed by atoms with van der Waals surface area (Å²) in [6.07, 6.45) is 0.628. The lowest BCUT2D eigenvalue weighted by Crippen LogP contribution is -1.91. The molecule has 0 aromatic heterocycles. The van der Waals surface area contributed by atoms with Crippen molar-refractivity contribution in [1.29, 1.82) is 0 Å². The van der Waals surface area contributed by atoms with Gasteiger partial charge in [-0.15, -0.1) is 0 Å². The molecule has 0 fully saturated rings. The molecule has 0 saturated heterocycles. The topological polar surface area (TPSA) is 29.1 Å². The van der Waals surface area contributed by atoms with E-state index < -0.39 is 0 Å². The van der Waals surface area contributed by atoms with Gasteiger partial charge in [0.2, 0.25) is 6.41 Å². The van der Waals surface area contributed by atoms with E-state index in [2.05, 4.69) is 5.32 Å². The summed E-state index contributed by atoms with van der Waals surface area (Å²) in [4.78, 5) is 9.92. The second kappa shape index (κ2) is 4.74. The van der Waals surface area contributed by atoms with Crippen LogP contribution in [0, 0.1) is 0 Å². The molecule has 0 radical (unpaired) electrons. The van der Waals surface area contributed by atoms with Gasteiger partial charge in [0, 0.05) is 10.7 Å². The van der Waals surface area contributed by atoms with Crippen LogP contribution in [0.4, 0.5) is 5.69 Å². The van der Waals surface area contributed by atoms with Crippen molar-refractivity contribution in [1.82, 2.24) is 0 Å². The maximum Gasteiger partial charge on any atom is 0.211 e. The fourth-order valence-electron chi connectivity index (χ4n) is 0.614. The van der Waals surface area contributed by atoms with Gasteiger partial charge < -0.3 is 5.32 Å². The van der Waals surface area contributed by atoms with Gasteiger partial charge in [0.1, 0.15) is 0 Å². The van der Waals surface area contributed by atoms with E-state index in [1.54, 1.807) is 24.3 Å². The van der Waals surface area contributed by atoms with Crippen molar-refractivity contribution in [3.05, 3.63) is 29.3 Å². The van der Waals surface area contributed by atoms with Gasteiger partial charge in [0.15, 0.2) is 0 Å². The molecule has 1 aromatic rings. The number of rotatable bonds is 2. The third-order valence-corrected chi connectivity index (χ3v) is 1.32. The molecule has 3 heteroatoms. The van der Waals surface area contributed by atoms with Crippen LogP contribution in [-0.2, 0) is 4.79 Å². The first-order valence-corrected chi connectivity index (χ1v) is 3.16. The normalized spacial score (nSPS) is 8.09.